The van der Waals surface area contributed by atoms with Gasteiger partial charge in [-0.3, -0.25) is 4.79 Å². The smallest absolute Gasteiger partial charge is 0.251 e. The van der Waals surface area contributed by atoms with E-state index in [2.05, 4.69) is 5.32 Å². The van der Waals surface area contributed by atoms with Gasteiger partial charge in [0.2, 0.25) is 0 Å². The lowest BCUT2D eigenvalue weighted by Crippen LogP contribution is -2.26. The van der Waals surface area contributed by atoms with Crippen LogP contribution in [0.2, 0.25) is 0 Å². The average Bonchev–Trinajstić information content (AvgIpc) is 2.99. The lowest BCUT2D eigenvalue weighted by Gasteiger charge is -2.11. The van der Waals surface area contributed by atoms with E-state index >= 15 is 0 Å². The second-order valence-corrected chi connectivity index (χ2v) is 5.11. The number of methoxy groups -OCH3 is 1. The first-order valence-corrected chi connectivity index (χ1v) is 7.11. The number of nitrogens with one attached hydrogen (secondary N) is 1. The number of hydrogen-bond donors (Lipinski definition) is 1. The molecule has 4 heteroatoms. The van der Waals surface area contributed by atoms with Crippen molar-refractivity contribution in [3.8, 4) is 5.75 Å². The summed E-state index contributed by atoms with van der Waals surface area (Å²) >= 11 is 0. The summed E-state index contributed by atoms with van der Waals surface area (Å²) in [4.78, 5) is 12.2. The summed E-state index contributed by atoms with van der Waals surface area (Å²) < 4.78 is 10.9. The van der Waals surface area contributed by atoms with Gasteiger partial charge in [-0.05, 0) is 43.3 Å². The van der Waals surface area contributed by atoms with Crippen LogP contribution in [0.25, 0.3) is 11.0 Å². The van der Waals surface area contributed by atoms with Crippen LogP contribution in [0.4, 0.5) is 0 Å². The molecule has 22 heavy (non-hydrogen) atoms. The lowest BCUT2D eigenvalue weighted by atomic mass is 10.1. The second-order valence-electron chi connectivity index (χ2n) is 5.11. The lowest BCUT2D eigenvalue weighted by molar-refractivity contribution is 0.0935. The van der Waals surface area contributed by atoms with Gasteiger partial charge in [0.25, 0.3) is 5.91 Å². The quantitative estimate of drug-likeness (QED) is 0.793. The van der Waals surface area contributed by atoms with Crippen LogP contribution >= 0.6 is 0 Å². The summed E-state index contributed by atoms with van der Waals surface area (Å²) in [5.41, 5.74) is 1.41. The third-order valence-electron chi connectivity index (χ3n) is 3.57. The molecule has 112 valence electrons. The van der Waals surface area contributed by atoms with Crippen molar-refractivity contribution < 1.29 is 13.9 Å². The highest BCUT2D eigenvalue weighted by atomic mass is 16.5. The molecular weight excluding hydrogens is 278 g/mol. The SMILES string of the molecule is COc1ccc(C(=O)N[C@@H](C)c2cc3ccccc3o2)cc1. The van der Waals surface area contributed by atoms with E-state index < -0.39 is 0 Å². The normalized spacial score (nSPS) is 12.1. The van der Waals surface area contributed by atoms with Gasteiger partial charge >= 0.3 is 0 Å². The molecule has 1 amide bonds. The van der Waals surface area contributed by atoms with Crippen LogP contribution in [0.3, 0.4) is 0 Å². The van der Waals surface area contributed by atoms with Gasteiger partial charge in [-0.2, -0.15) is 0 Å². The number of furan rings is 1. The molecule has 3 aromatic rings. The first-order valence-electron chi connectivity index (χ1n) is 7.11. The van der Waals surface area contributed by atoms with Crippen LogP contribution in [0.1, 0.15) is 29.1 Å². The van der Waals surface area contributed by atoms with Crippen molar-refractivity contribution in [3.63, 3.8) is 0 Å². The number of carbonyl (C=O) groups excluding carboxylic acids is 1. The summed E-state index contributed by atoms with van der Waals surface area (Å²) in [6.45, 7) is 1.90. The summed E-state index contributed by atoms with van der Waals surface area (Å²) in [6, 6.07) is 16.5. The highest BCUT2D eigenvalue weighted by Gasteiger charge is 2.15. The van der Waals surface area contributed by atoms with Gasteiger partial charge in [0.1, 0.15) is 17.1 Å². The molecule has 0 bridgehead atoms. The van der Waals surface area contributed by atoms with E-state index in [-0.39, 0.29) is 11.9 Å². The monoisotopic (exact) mass is 295 g/mol. The topological polar surface area (TPSA) is 51.5 Å². The van der Waals surface area contributed by atoms with E-state index in [9.17, 15) is 4.79 Å². The predicted octanol–water partition coefficient (Wildman–Crippen LogP) is 3.93. The largest absolute Gasteiger partial charge is 0.497 e. The van der Waals surface area contributed by atoms with Crippen molar-refractivity contribution in [2.75, 3.05) is 7.11 Å². The van der Waals surface area contributed by atoms with Crippen molar-refractivity contribution in [1.29, 1.82) is 0 Å². The Balaban J connectivity index is 1.74. The van der Waals surface area contributed by atoms with Gasteiger partial charge in [0.15, 0.2) is 0 Å². The van der Waals surface area contributed by atoms with Gasteiger partial charge in [0, 0.05) is 10.9 Å². The number of rotatable bonds is 4. The number of amides is 1. The van der Waals surface area contributed by atoms with Crippen LogP contribution in [0.15, 0.2) is 59.0 Å². The van der Waals surface area contributed by atoms with Gasteiger partial charge < -0.3 is 14.5 Å². The molecular formula is C18H17NO3. The number of benzene rings is 2. The Kier molecular flexibility index (Phi) is 3.83. The van der Waals surface area contributed by atoms with Crippen LogP contribution in [0, 0.1) is 0 Å². The minimum Gasteiger partial charge on any atom is -0.497 e. The molecule has 0 saturated heterocycles. The van der Waals surface area contributed by atoms with Crippen molar-refractivity contribution in [2.24, 2.45) is 0 Å². The average molecular weight is 295 g/mol. The van der Waals surface area contributed by atoms with Gasteiger partial charge in [-0.15, -0.1) is 0 Å². The summed E-state index contributed by atoms with van der Waals surface area (Å²) in [5.74, 6) is 1.32. The Hall–Kier alpha value is -2.75. The zero-order valence-electron chi connectivity index (χ0n) is 12.5. The van der Waals surface area contributed by atoms with E-state index in [1.165, 1.54) is 0 Å². The number of carbonyl (C=O) groups is 1. The fourth-order valence-electron chi connectivity index (χ4n) is 2.31. The molecule has 1 aromatic heterocycles. The number of fused-ring (bicyclic) bond motifs is 1. The number of ether oxygens (including phenoxy) is 1. The maximum Gasteiger partial charge on any atom is 0.251 e. The van der Waals surface area contributed by atoms with Gasteiger partial charge in [0.05, 0.1) is 13.2 Å². The third-order valence-corrected chi connectivity index (χ3v) is 3.57. The Morgan fingerprint density at radius 2 is 1.86 bits per heavy atom. The molecule has 3 rings (SSSR count). The summed E-state index contributed by atoms with van der Waals surface area (Å²) in [7, 11) is 1.60. The minimum absolute atomic E-state index is 0.143. The third kappa shape index (κ3) is 2.81. The first kappa shape index (κ1) is 14.2. The standard InChI is InChI=1S/C18H17NO3/c1-12(17-11-14-5-3-4-6-16(14)22-17)19-18(20)13-7-9-15(21-2)10-8-13/h3-12H,1-2H3,(H,19,20)/t12-/m0/s1. The molecule has 0 radical (unpaired) electrons. The van der Waals surface area contributed by atoms with Crippen LogP contribution < -0.4 is 10.1 Å². The summed E-state index contributed by atoms with van der Waals surface area (Å²) in [5, 5.41) is 3.97. The molecule has 0 saturated carbocycles. The fraction of sp³-hybridized carbons (Fsp3) is 0.167. The van der Waals surface area contributed by atoms with Gasteiger partial charge in [-0.1, -0.05) is 18.2 Å². The molecule has 0 aliphatic heterocycles. The van der Waals surface area contributed by atoms with Crippen molar-refractivity contribution >= 4 is 16.9 Å². The minimum atomic E-state index is -0.206. The molecule has 2 aromatic carbocycles. The highest BCUT2D eigenvalue weighted by Crippen LogP contribution is 2.23. The van der Waals surface area contributed by atoms with Crippen molar-refractivity contribution in [3.05, 3.63) is 65.9 Å². The van der Waals surface area contributed by atoms with E-state index in [0.717, 1.165) is 22.5 Å². The Bertz CT molecular complexity index is 756. The zero-order valence-corrected chi connectivity index (χ0v) is 12.5. The molecule has 0 unspecified atom stereocenters. The Morgan fingerprint density at radius 3 is 2.55 bits per heavy atom. The molecule has 1 N–H and O–H groups in total. The Morgan fingerprint density at radius 1 is 1.14 bits per heavy atom. The number of para-hydroxylation sites is 1. The van der Waals surface area contributed by atoms with Crippen LogP contribution in [-0.2, 0) is 0 Å². The first-order chi connectivity index (χ1) is 10.7. The molecule has 4 nitrogen and oxygen atoms in total. The molecule has 1 atom stereocenters. The molecule has 0 fully saturated rings. The zero-order chi connectivity index (χ0) is 15.5. The van der Waals surface area contributed by atoms with E-state index in [0.29, 0.717) is 5.56 Å². The molecule has 1 heterocycles. The van der Waals surface area contributed by atoms with E-state index in [1.807, 2.05) is 37.3 Å². The van der Waals surface area contributed by atoms with E-state index in [4.69, 9.17) is 9.15 Å². The van der Waals surface area contributed by atoms with Gasteiger partial charge in [-0.25, -0.2) is 0 Å². The predicted molar refractivity (Wildman–Crippen MR) is 85.1 cm³/mol. The molecule has 0 spiro atoms. The highest BCUT2D eigenvalue weighted by molar-refractivity contribution is 5.94. The Labute approximate surface area is 128 Å². The molecule has 0 aliphatic carbocycles. The van der Waals surface area contributed by atoms with Crippen LogP contribution in [0.5, 0.6) is 5.75 Å². The fourth-order valence-corrected chi connectivity index (χ4v) is 2.31. The molecule has 0 aliphatic rings. The second kappa shape index (κ2) is 5.93. The van der Waals surface area contributed by atoms with Crippen molar-refractivity contribution in [2.45, 2.75) is 13.0 Å². The maximum absolute atomic E-state index is 12.2. The summed E-state index contributed by atoms with van der Waals surface area (Å²) in [6.07, 6.45) is 0. The van der Waals surface area contributed by atoms with E-state index in [1.54, 1.807) is 31.4 Å². The maximum atomic E-state index is 12.2. The number of hydrogen-bond acceptors (Lipinski definition) is 3. The van der Waals surface area contributed by atoms with Crippen LogP contribution in [-0.4, -0.2) is 13.0 Å². The van der Waals surface area contributed by atoms with Crippen molar-refractivity contribution in [1.82, 2.24) is 5.32 Å².